The smallest absolute Gasteiger partial charge is 0.335 e. The van der Waals surface area contributed by atoms with Gasteiger partial charge in [-0.3, -0.25) is 28.8 Å². The van der Waals surface area contributed by atoms with E-state index in [0.29, 0.717) is 6.42 Å². The molecule has 0 radical (unpaired) electrons. The van der Waals surface area contributed by atoms with Gasteiger partial charge >= 0.3 is 72.5 Å². The van der Waals surface area contributed by atoms with Crippen molar-refractivity contribution in [2.45, 2.75) is 102 Å². The predicted molar refractivity (Wildman–Crippen MR) is 197 cm³/mol. The van der Waals surface area contributed by atoms with Crippen LogP contribution in [0.25, 0.3) is 10.4 Å². The summed E-state index contributed by atoms with van der Waals surface area (Å²) >= 11 is 0. The molecule has 0 aliphatic heterocycles. The fraction of sp³-hybridized carbons (Fsp3) is 0.829. The van der Waals surface area contributed by atoms with Gasteiger partial charge in [0.05, 0.1) is 0 Å². The monoisotopic (exact) mass is 1030 g/mol. The summed E-state index contributed by atoms with van der Waals surface area (Å²) in [5.74, 6) is -15.2. The molecule has 0 bridgehead atoms. The Kier molecular flexibility index (Phi) is 25.7. The van der Waals surface area contributed by atoms with Gasteiger partial charge in [-0.05, 0) is 56.9 Å². The van der Waals surface area contributed by atoms with Gasteiger partial charge in [0.15, 0.2) is 0 Å². The van der Waals surface area contributed by atoms with E-state index < -0.39 is 196 Å². The molecule has 0 saturated carbocycles. The minimum Gasteiger partial charge on any atom is -0.335 e. The Morgan fingerprint density at radius 3 is 0.691 bits per heavy atom. The summed E-state index contributed by atoms with van der Waals surface area (Å²) in [6.45, 7) is -10.0. The molecule has 0 saturated heterocycles. The number of hydrogen-bond acceptors (Lipinski definition) is 7. The second-order valence-corrected chi connectivity index (χ2v) is 14.5. The Labute approximate surface area is 375 Å². The third-order valence-electron chi connectivity index (χ3n) is 9.24. The van der Waals surface area contributed by atoms with E-state index in [1.807, 2.05) is 0 Å². The highest BCUT2D eigenvalue weighted by Crippen LogP contribution is 2.25. The molecule has 6 amide bonds. The molecule has 0 atom stereocenters. The summed E-state index contributed by atoms with van der Waals surface area (Å²) in [5.41, 5.74) is 8.30. The third kappa shape index (κ3) is 23.7. The zero-order valence-electron chi connectivity index (χ0n) is 35.8. The van der Waals surface area contributed by atoms with Crippen molar-refractivity contribution in [2.24, 2.45) is 5.11 Å². The van der Waals surface area contributed by atoms with Crippen LogP contribution in [0.15, 0.2) is 5.11 Å². The fourth-order valence-electron chi connectivity index (χ4n) is 6.11. The van der Waals surface area contributed by atoms with Crippen LogP contribution in [0.5, 0.6) is 0 Å². The van der Waals surface area contributed by atoms with Crippen LogP contribution in [-0.2, 0) is 28.8 Å². The summed E-state index contributed by atoms with van der Waals surface area (Å²) in [6.07, 6.45) is -37.8. The van der Waals surface area contributed by atoms with E-state index in [9.17, 15) is 108 Å². The molecule has 33 heteroatoms. The number of unbranched alkanes of at least 4 members (excludes halogenated alkanes) is 2. The fourth-order valence-corrected chi connectivity index (χ4v) is 6.11. The van der Waals surface area contributed by atoms with E-state index in [1.54, 1.807) is 6.92 Å². The van der Waals surface area contributed by atoms with Crippen LogP contribution in [0.3, 0.4) is 0 Å². The van der Waals surface area contributed by atoms with Gasteiger partial charge in [0.2, 0.25) is 0 Å². The van der Waals surface area contributed by atoms with Crippen LogP contribution < -0.4 is 0 Å². The van der Waals surface area contributed by atoms with Gasteiger partial charge in [0.1, 0.15) is 0 Å². The van der Waals surface area contributed by atoms with E-state index in [2.05, 4.69) is 10.0 Å². The number of alkyl halides is 18. The van der Waals surface area contributed by atoms with Gasteiger partial charge in [-0.1, -0.05) is 18.5 Å². The van der Waals surface area contributed by atoms with Crippen molar-refractivity contribution < 1.29 is 108 Å². The van der Waals surface area contributed by atoms with E-state index in [1.165, 1.54) is 0 Å². The number of rotatable bonds is 28. The highest BCUT2D eigenvalue weighted by atomic mass is 19.4. The molecule has 0 heterocycles. The average Bonchev–Trinajstić information content (AvgIpc) is 3.20. The lowest BCUT2D eigenvalue weighted by molar-refractivity contribution is -0.188. The molecule has 0 aromatic heterocycles. The maximum Gasteiger partial charge on any atom is 0.471 e. The second-order valence-electron chi connectivity index (χ2n) is 14.5. The summed E-state index contributed by atoms with van der Waals surface area (Å²) in [7, 11) is 0. The van der Waals surface area contributed by atoms with Gasteiger partial charge in [-0.15, -0.1) is 0 Å². The molecule has 68 heavy (non-hydrogen) atoms. The maximum atomic E-state index is 13.5. The van der Waals surface area contributed by atoms with Gasteiger partial charge < -0.3 is 29.4 Å². The highest BCUT2D eigenvalue weighted by Gasteiger charge is 2.47. The molecule has 0 unspecified atom stereocenters. The number of azide groups is 1. The topological polar surface area (TPSA) is 171 Å². The summed E-state index contributed by atoms with van der Waals surface area (Å²) in [5, 5.41) is 3.06. The number of amides is 6. The Bertz CT molecular complexity index is 1680. The lowest BCUT2D eigenvalue weighted by atomic mass is 10.2. The van der Waals surface area contributed by atoms with Crippen LogP contribution in [-0.4, -0.2) is 187 Å². The number of halogens is 18. The molecule has 0 spiro atoms. The first-order chi connectivity index (χ1) is 31.0. The summed E-state index contributed by atoms with van der Waals surface area (Å²) < 4.78 is 239. The van der Waals surface area contributed by atoms with Crippen molar-refractivity contribution in [3.63, 3.8) is 0 Å². The molecule has 15 nitrogen and oxygen atoms in total. The second kappa shape index (κ2) is 27.8. The molecule has 0 aromatic carbocycles. The van der Waals surface area contributed by atoms with Crippen LogP contribution >= 0.6 is 0 Å². The number of carbonyl (C=O) groups is 6. The molecular weight excluding hydrogens is 984 g/mol. The van der Waals surface area contributed by atoms with E-state index in [0.717, 1.165) is 0 Å². The molecular formula is C35H47F18N9O6. The molecule has 0 aromatic rings. The largest absolute Gasteiger partial charge is 0.471 e. The van der Waals surface area contributed by atoms with Crippen LogP contribution in [0.4, 0.5) is 79.0 Å². The molecule has 0 aliphatic rings. The van der Waals surface area contributed by atoms with Crippen LogP contribution in [0.2, 0.25) is 0 Å². The van der Waals surface area contributed by atoms with Crippen molar-refractivity contribution in [3.8, 4) is 0 Å². The first kappa shape index (κ1) is 62.9. The minimum absolute atomic E-state index is 0.00898. The minimum atomic E-state index is -5.66. The van der Waals surface area contributed by atoms with Gasteiger partial charge in [-0.2, -0.15) is 79.0 Å². The van der Waals surface area contributed by atoms with Crippen LogP contribution in [0, 0.1) is 0 Å². The Balaban J connectivity index is 5.99. The predicted octanol–water partition coefficient (Wildman–Crippen LogP) is 7.17. The van der Waals surface area contributed by atoms with Crippen molar-refractivity contribution >= 4 is 35.4 Å². The first-order valence-electron chi connectivity index (χ1n) is 20.2. The van der Waals surface area contributed by atoms with Crippen LogP contribution in [0.1, 0.15) is 64.7 Å². The standard InChI is InChI=1S/C35H47F18N9O6/c1-2-3-12-57(24(63)30(36,37)38)16-7-20-61(28(67)34(48,49)50)21-8-17-58(25(64)31(39,40)41)13-4-5-14-59(26(65)32(42,43)44)18-9-22-62(29(68)35(51,52)53)23-10-19-60(15-6-11-55-56-54)27(66)33(45,46)47/h2-23H2,1H3. The quantitative estimate of drug-likeness (QED) is 0.0265. The Morgan fingerprint density at radius 2 is 0.515 bits per heavy atom. The molecule has 0 aliphatic carbocycles. The number of hydrogen-bond donors (Lipinski definition) is 0. The lowest BCUT2D eigenvalue weighted by Gasteiger charge is -2.29. The van der Waals surface area contributed by atoms with Gasteiger partial charge in [0.25, 0.3) is 0 Å². The SMILES string of the molecule is CCCCN(CCCN(CCCN(CCCCN(CCCN(CCCN(CCCN=[N+]=[N-])C(=O)C(F)(F)F)C(=O)C(F)(F)F)C(=O)C(F)(F)F)C(=O)C(F)(F)F)C(=O)C(F)(F)F)C(=O)C(F)(F)F. The normalized spacial score (nSPS) is 12.5. The van der Waals surface area contributed by atoms with Gasteiger partial charge in [-0.25, -0.2) is 0 Å². The zero-order valence-corrected chi connectivity index (χ0v) is 35.8. The molecule has 0 fully saturated rings. The Morgan fingerprint density at radius 1 is 0.338 bits per heavy atom. The molecule has 394 valence electrons. The number of carbonyl (C=O) groups excluding carboxylic acids is 6. The van der Waals surface area contributed by atoms with Crippen molar-refractivity contribution in [1.82, 2.24) is 29.4 Å². The number of nitrogens with zero attached hydrogens (tertiary/aromatic N) is 9. The van der Waals surface area contributed by atoms with Crippen molar-refractivity contribution in [1.29, 1.82) is 0 Å². The average molecular weight is 1030 g/mol. The molecule has 0 rings (SSSR count). The highest BCUT2D eigenvalue weighted by molar-refractivity contribution is 5.84. The van der Waals surface area contributed by atoms with Crippen molar-refractivity contribution in [2.75, 3.05) is 85.1 Å². The Hall–Kier alpha value is -5.13. The zero-order chi connectivity index (χ0) is 52.9. The summed E-state index contributed by atoms with van der Waals surface area (Å²) in [4.78, 5) is 74.8. The lowest BCUT2D eigenvalue weighted by Crippen LogP contribution is -2.47. The van der Waals surface area contributed by atoms with E-state index >= 15 is 0 Å². The maximum absolute atomic E-state index is 13.5. The van der Waals surface area contributed by atoms with Gasteiger partial charge in [0, 0.05) is 90.0 Å². The van der Waals surface area contributed by atoms with Crippen molar-refractivity contribution in [3.05, 3.63) is 10.4 Å². The third-order valence-corrected chi connectivity index (χ3v) is 9.24. The van der Waals surface area contributed by atoms with E-state index in [4.69, 9.17) is 5.53 Å². The molecule has 0 N–H and O–H groups in total. The van der Waals surface area contributed by atoms with E-state index in [-0.39, 0.29) is 42.2 Å². The summed E-state index contributed by atoms with van der Waals surface area (Å²) in [6, 6.07) is 0. The first-order valence-corrected chi connectivity index (χ1v) is 20.2.